The van der Waals surface area contributed by atoms with E-state index < -0.39 is 5.60 Å². The van der Waals surface area contributed by atoms with E-state index in [0.29, 0.717) is 0 Å². The Morgan fingerprint density at radius 1 is 1.24 bits per heavy atom. The molecule has 1 N–H and O–H groups in total. The Bertz CT molecular complexity index is 365. The van der Waals surface area contributed by atoms with E-state index >= 15 is 0 Å². The molecule has 1 unspecified atom stereocenters. The molecule has 0 spiro atoms. The second-order valence-electron chi connectivity index (χ2n) is 4.83. The Morgan fingerprint density at radius 2 is 1.94 bits per heavy atom. The third-order valence-electron chi connectivity index (χ3n) is 3.74. The maximum atomic E-state index is 12.9. The largest absolute Gasteiger partial charge is 0.385 e. The van der Waals surface area contributed by atoms with Crippen molar-refractivity contribution in [1.82, 2.24) is 4.90 Å². The van der Waals surface area contributed by atoms with Crippen molar-refractivity contribution in [3.63, 3.8) is 0 Å². The first kappa shape index (κ1) is 12.5. The van der Waals surface area contributed by atoms with Crippen LogP contribution in [0.1, 0.15) is 31.7 Å². The maximum Gasteiger partial charge on any atom is 0.123 e. The summed E-state index contributed by atoms with van der Waals surface area (Å²) < 4.78 is 12.9. The van der Waals surface area contributed by atoms with E-state index in [1.165, 1.54) is 12.1 Å². The van der Waals surface area contributed by atoms with Crippen LogP contribution < -0.4 is 0 Å². The second-order valence-corrected chi connectivity index (χ2v) is 4.83. The number of rotatable bonds is 2. The monoisotopic (exact) mass is 237 g/mol. The van der Waals surface area contributed by atoms with Crippen molar-refractivity contribution < 1.29 is 9.50 Å². The van der Waals surface area contributed by atoms with E-state index in [-0.39, 0.29) is 5.82 Å². The first-order chi connectivity index (χ1) is 8.14. The second kappa shape index (κ2) is 5.15. The minimum Gasteiger partial charge on any atom is -0.385 e. The highest BCUT2D eigenvalue weighted by molar-refractivity contribution is 5.23. The van der Waals surface area contributed by atoms with Crippen LogP contribution in [-0.4, -0.2) is 29.6 Å². The van der Waals surface area contributed by atoms with Crippen LogP contribution in [0.3, 0.4) is 0 Å². The van der Waals surface area contributed by atoms with Crippen LogP contribution in [0.5, 0.6) is 0 Å². The van der Waals surface area contributed by atoms with Gasteiger partial charge in [-0.25, -0.2) is 4.39 Å². The first-order valence-electron chi connectivity index (χ1n) is 6.35. The fourth-order valence-electron chi connectivity index (χ4n) is 2.54. The Balaban J connectivity index is 2.15. The van der Waals surface area contributed by atoms with Gasteiger partial charge in [-0.3, -0.25) is 0 Å². The molecule has 0 bridgehead atoms. The van der Waals surface area contributed by atoms with Gasteiger partial charge in [0.2, 0.25) is 0 Å². The molecule has 2 nitrogen and oxygen atoms in total. The standard InChI is InChI=1S/C14H20FNO/c1-2-16-10-3-8-14(17,9-11-16)12-4-6-13(15)7-5-12/h4-7,17H,2-3,8-11H2,1H3. The van der Waals surface area contributed by atoms with Crippen LogP contribution >= 0.6 is 0 Å². The zero-order valence-corrected chi connectivity index (χ0v) is 10.3. The van der Waals surface area contributed by atoms with Gasteiger partial charge >= 0.3 is 0 Å². The van der Waals surface area contributed by atoms with E-state index in [9.17, 15) is 9.50 Å². The number of aliphatic hydroxyl groups is 1. The lowest BCUT2D eigenvalue weighted by Crippen LogP contribution is -2.29. The Labute approximate surface area is 102 Å². The van der Waals surface area contributed by atoms with Gasteiger partial charge in [0.25, 0.3) is 0 Å². The fraction of sp³-hybridized carbons (Fsp3) is 0.571. The molecule has 1 aliphatic rings. The van der Waals surface area contributed by atoms with Crippen molar-refractivity contribution in [2.45, 2.75) is 31.8 Å². The lowest BCUT2D eigenvalue weighted by molar-refractivity contribution is 0.0213. The van der Waals surface area contributed by atoms with Gasteiger partial charge < -0.3 is 10.0 Å². The first-order valence-corrected chi connectivity index (χ1v) is 6.35. The summed E-state index contributed by atoms with van der Waals surface area (Å²) in [5, 5.41) is 10.7. The summed E-state index contributed by atoms with van der Waals surface area (Å²) in [7, 11) is 0. The van der Waals surface area contributed by atoms with Crippen molar-refractivity contribution >= 4 is 0 Å². The van der Waals surface area contributed by atoms with E-state index in [2.05, 4.69) is 11.8 Å². The van der Waals surface area contributed by atoms with Crippen molar-refractivity contribution in [1.29, 1.82) is 0 Å². The van der Waals surface area contributed by atoms with E-state index in [1.54, 1.807) is 12.1 Å². The Kier molecular flexibility index (Phi) is 3.79. The molecule has 94 valence electrons. The van der Waals surface area contributed by atoms with E-state index in [0.717, 1.165) is 44.5 Å². The van der Waals surface area contributed by atoms with Gasteiger partial charge in [0, 0.05) is 6.54 Å². The number of hydrogen-bond donors (Lipinski definition) is 1. The van der Waals surface area contributed by atoms with Crippen LogP contribution in [0.15, 0.2) is 24.3 Å². The van der Waals surface area contributed by atoms with Gasteiger partial charge in [0.1, 0.15) is 5.82 Å². The summed E-state index contributed by atoms with van der Waals surface area (Å²) >= 11 is 0. The minimum absolute atomic E-state index is 0.249. The number of halogens is 1. The highest BCUT2D eigenvalue weighted by Crippen LogP contribution is 2.32. The van der Waals surface area contributed by atoms with E-state index in [1.807, 2.05) is 0 Å². The molecule has 0 radical (unpaired) electrons. The van der Waals surface area contributed by atoms with Gasteiger partial charge in [-0.2, -0.15) is 0 Å². The summed E-state index contributed by atoms with van der Waals surface area (Å²) in [6.45, 7) is 5.12. The molecule has 0 aromatic heterocycles. The summed E-state index contributed by atoms with van der Waals surface area (Å²) in [4.78, 5) is 2.35. The lowest BCUT2D eigenvalue weighted by Gasteiger charge is -2.27. The predicted octanol–water partition coefficient (Wildman–Crippen LogP) is 2.52. The van der Waals surface area contributed by atoms with Gasteiger partial charge in [0.05, 0.1) is 5.60 Å². The molecular weight excluding hydrogens is 217 g/mol. The molecule has 0 amide bonds. The van der Waals surface area contributed by atoms with Crippen LogP contribution in [0.4, 0.5) is 4.39 Å². The number of nitrogens with zero attached hydrogens (tertiary/aromatic N) is 1. The molecule has 1 aliphatic heterocycles. The molecule has 3 heteroatoms. The molecule has 1 aromatic rings. The molecular formula is C14H20FNO. The summed E-state index contributed by atoms with van der Waals surface area (Å²) in [5.41, 5.74) is 0.0642. The van der Waals surface area contributed by atoms with Crippen molar-refractivity contribution in [3.8, 4) is 0 Å². The molecule has 0 aliphatic carbocycles. The highest BCUT2D eigenvalue weighted by Gasteiger charge is 2.31. The normalized spacial score (nSPS) is 26.8. The number of hydrogen-bond acceptors (Lipinski definition) is 2. The smallest absolute Gasteiger partial charge is 0.123 e. The third-order valence-corrected chi connectivity index (χ3v) is 3.74. The summed E-state index contributed by atoms with van der Waals surface area (Å²) in [6, 6.07) is 6.26. The van der Waals surface area contributed by atoms with E-state index in [4.69, 9.17) is 0 Å². The molecule has 1 aromatic carbocycles. The molecule has 1 saturated heterocycles. The summed E-state index contributed by atoms with van der Waals surface area (Å²) in [5.74, 6) is -0.249. The van der Waals surface area contributed by atoms with Gasteiger partial charge in [-0.05, 0) is 50.0 Å². The fourth-order valence-corrected chi connectivity index (χ4v) is 2.54. The third kappa shape index (κ3) is 2.85. The molecule has 1 fully saturated rings. The lowest BCUT2D eigenvalue weighted by atomic mass is 9.87. The topological polar surface area (TPSA) is 23.5 Å². The summed E-state index contributed by atoms with van der Waals surface area (Å²) in [6.07, 6.45) is 2.48. The Morgan fingerprint density at radius 3 is 2.59 bits per heavy atom. The van der Waals surface area contributed by atoms with Crippen LogP contribution in [0, 0.1) is 5.82 Å². The highest BCUT2D eigenvalue weighted by atomic mass is 19.1. The zero-order chi connectivity index (χ0) is 12.3. The molecule has 1 atom stereocenters. The predicted molar refractivity (Wildman–Crippen MR) is 66.3 cm³/mol. The maximum absolute atomic E-state index is 12.9. The number of likely N-dealkylation sites (tertiary alicyclic amines) is 1. The van der Waals surface area contributed by atoms with Crippen molar-refractivity contribution in [2.24, 2.45) is 0 Å². The SMILES string of the molecule is CCN1CCCC(O)(c2ccc(F)cc2)CC1. The molecule has 0 saturated carbocycles. The van der Waals surface area contributed by atoms with Gasteiger partial charge in [-0.1, -0.05) is 19.1 Å². The number of benzene rings is 1. The average Bonchev–Trinajstić information content (AvgIpc) is 2.53. The molecule has 2 rings (SSSR count). The van der Waals surface area contributed by atoms with Crippen LogP contribution in [0.25, 0.3) is 0 Å². The van der Waals surface area contributed by atoms with Gasteiger partial charge in [0.15, 0.2) is 0 Å². The minimum atomic E-state index is -0.780. The van der Waals surface area contributed by atoms with Crippen LogP contribution in [-0.2, 0) is 5.60 Å². The van der Waals surface area contributed by atoms with Gasteiger partial charge in [-0.15, -0.1) is 0 Å². The quantitative estimate of drug-likeness (QED) is 0.854. The van der Waals surface area contributed by atoms with Crippen molar-refractivity contribution in [2.75, 3.05) is 19.6 Å². The average molecular weight is 237 g/mol. The molecule has 17 heavy (non-hydrogen) atoms. The zero-order valence-electron chi connectivity index (χ0n) is 10.3. The Hall–Kier alpha value is -0.930. The molecule has 1 heterocycles. The van der Waals surface area contributed by atoms with Crippen LogP contribution in [0.2, 0.25) is 0 Å². The van der Waals surface area contributed by atoms with Crippen molar-refractivity contribution in [3.05, 3.63) is 35.6 Å².